The van der Waals surface area contributed by atoms with E-state index in [0.717, 1.165) is 18.5 Å². The van der Waals surface area contributed by atoms with Gasteiger partial charge in [-0.05, 0) is 6.42 Å². The maximum atomic E-state index is 10.6. The van der Waals surface area contributed by atoms with Crippen LogP contribution in [-0.2, 0) is 0 Å². The summed E-state index contributed by atoms with van der Waals surface area (Å²) in [6, 6.07) is -0.550. The molecule has 0 saturated heterocycles. The van der Waals surface area contributed by atoms with Crippen molar-refractivity contribution in [2.75, 3.05) is 30.3 Å². The van der Waals surface area contributed by atoms with Gasteiger partial charge in [0.1, 0.15) is 5.52 Å². The molecule has 0 spiro atoms. The van der Waals surface area contributed by atoms with Crippen LogP contribution in [0.2, 0.25) is 0 Å². The van der Waals surface area contributed by atoms with E-state index in [9.17, 15) is 4.79 Å². The van der Waals surface area contributed by atoms with Crippen LogP contribution in [0.1, 0.15) is 13.3 Å². The zero-order valence-electron chi connectivity index (χ0n) is 11.2. The van der Waals surface area contributed by atoms with Gasteiger partial charge in [-0.25, -0.2) is 9.78 Å². The number of amides is 2. The Morgan fingerprint density at radius 2 is 2.15 bits per heavy atom. The van der Waals surface area contributed by atoms with Crippen molar-refractivity contribution in [3.8, 4) is 0 Å². The van der Waals surface area contributed by atoms with Crippen LogP contribution in [0, 0.1) is 0 Å². The quantitative estimate of drug-likeness (QED) is 0.461. The van der Waals surface area contributed by atoms with Crippen molar-refractivity contribution in [1.82, 2.24) is 25.3 Å². The first-order valence-corrected chi connectivity index (χ1v) is 6.43. The summed E-state index contributed by atoms with van der Waals surface area (Å²) in [4.78, 5) is 26.4. The van der Waals surface area contributed by atoms with Crippen LogP contribution in [-0.4, -0.2) is 45.6 Å². The Bertz CT molecular complexity index is 581. The van der Waals surface area contributed by atoms with Crippen LogP contribution in [0.4, 0.5) is 16.6 Å². The largest absolute Gasteiger partial charge is 0.366 e. The van der Waals surface area contributed by atoms with Crippen LogP contribution in [0.25, 0.3) is 11.2 Å². The number of carbonyl (C=O) groups excluding carboxylic acids is 1. The molecule has 0 aliphatic heterocycles. The van der Waals surface area contributed by atoms with Gasteiger partial charge in [0.2, 0.25) is 5.95 Å². The summed E-state index contributed by atoms with van der Waals surface area (Å²) >= 11 is 0. The second-order valence-corrected chi connectivity index (χ2v) is 4.14. The second kappa shape index (κ2) is 6.55. The average Bonchev–Trinajstić information content (AvgIpc) is 2.89. The highest BCUT2D eigenvalue weighted by atomic mass is 16.2. The van der Waals surface area contributed by atoms with Crippen molar-refractivity contribution >= 4 is 29.0 Å². The highest BCUT2D eigenvalue weighted by Gasteiger charge is 2.09. The first-order chi connectivity index (χ1) is 9.70. The van der Waals surface area contributed by atoms with Gasteiger partial charge < -0.3 is 26.7 Å². The number of rotatable bonds is 7. The lowest BCUT2D eigenvalue weighted by molar-refractivity contribution is 0.249. The maximum Gasteiger partial charge on any atom is 0.312 e. The third-order valence-electron chi connectivity index (χ3n) is 2.54. The summed E-state index contributed by atoms with van der Waals surface area (Å²) in [5.74, 6) is 1.16. The summed E-state index contributed by atoms with van der Waals surface area (Å²) in [7, 11) is 0. The molecule has 0 aliphatic rings. The molecule has 9 nitrogen and oxygen atoms in total. The number of nitrogens with two attached hydrogens (primary N) is 1. The van der Waals surface area contributed by atoms with Gasteiger partial charge in [-0.2, -0.15) is 9.97 Å². The van der Waals surface area contributed by atoms with Gasteiger partial charge in [-0.3, -0.25) is 0 Å². The molecule has 0 fully saturated rings. The van der Waals surface area contributed by atoms with E-state index in [1.807, 2.05) is 0 Å². The molecule has 2 aromatic rings. The maximum absolute atomic E-state index is 10.6. The number of aromatic nitrogens is 4. The van der Waals surface area contributed by atoms with E-state index in [1.54, 1.807) is 6.33 Å². The number of carbonyl (C=O) groups is 1. The van der Waals surface area contributed by atoms with Crippen molar-refractivity contribution in [2.45, 2.75) is 13.3 Å². The highest BCUT2D eigenvalue weighted by Crippen LogP contribution is 2.18. The lowest BCUT2D eigenvalue weighted by Crippen LogP contribution is -2.33. The Morgan fingerprint density at radius 1 is 1.30 bits per heavy atom. The average molecular weight is 278 g/mol. The number of nitrogens with one attached hydrogen (secondary N) is 4. The van der Waals surface area contributed by atoms with Gasteiger partial charge in [0, 0.05) is 19.6 Å². The van der Waals surface area contributed by atoms with E-state index < -0.39 is 6.03 Å². The predicted molar refractivity (Wildman–Crippen MR) is 76.5 cm³/mol. The van der Waals surface area contributed by atoms with Crippen molar-refractivity contribution < 1.29 is 4.79 Å². The minimum absolute atomic E-state index is 0.409. The van der Waals surface area contributed by atoms with Crippen molar-refractivity contribution in [3.63, 3.8) is 0 Å². The number of nitrogens with zero attached hydrogens (tertiary/aromatic N) is 3. The van der Waals surface area contributed by atoms with Gasteiger partial charge in [0.15, 0.2) is 11.5 Å². The van der Waals surface area contributed by atoms with E-state index in [1.165, 1.54) is 0 Å². The fraction of sp³-hybridized carbons (Fsp3) is 0.455. The number of fused-ring (bicyclic) bond motifs is 1. The molecule has 2 amide bonds. The molecule has 0 aromatic carbocycles. The molecule has 6 N–H and O–H groups in total. The molecule has 2 rings (SSSR count). The van der Waals surface area contributed by atoms with Crippen LogP contribution < -0.4 is 21.7 Å². The molecule has 0 atom stereocenters. The Kier molecular flexibility index (Phi) is 4.53. The van der Waals surface area contributed by atoms with Crippen molar-refractivity contribution in [1.29, 1.82) is 0 Å². The Morgan fingerprint density at radius 3 is 2.90 bits per heavy atom. The fourth-order valence-corrected chi connectivity index (χ4v) is 1.64. The van der Waals surface area contributed by atoms with Crippen LogP contribution in [0.5, 0.6) is 0 Å². The van der Waals surface area contributed by atoms with Gasteiger partial charge >= 0.3 is 6.03 Å². The normalized spacial score (nSPS) is 10.4. The van der Waals surface area contributed by atoms with Crippen LogP contribution in [0.3, 0.4) is 0 Å². The smallest absolute Gasteiger partial charge is 0.312 e. The minimum Gasteiger partial charge on any atom is -0.366 e. The number of hydrogen-bond donors (Lipinski definition) is 5. The highest BCUT2D eigenvalue weighted by molar-refractivity contribution is 5.83. The Labute approximate surface area is 115 Å². The zero-order chi connectivity index (χ0) is 14.4. The molecule has 9 heteroatoms. The SMILES string of the molecule is CCCNc1nc(NCCNC(N)=O)c2[nH]cnc2n1. The summed E-state index contributed by atoms with van der Waals surface area (Å²) in [6.07, 6.45) is 2.54. The van der Waals surface area contributed by atoms with Crippen molar-refractivity contribution in [2.24, 2.45) is 5.73 Å². The molecular weight excluding hydrogens is 260 g/mol. The van der Waals surface area contributed by atoms with Gasteiger partial charge in [-0.15, -0.1) is 0 Å². The summed E-state index contributed by atoms with van der Waals surface area (Å²) in [5, 5.41) is 8.73. The van der Waals surface area contributed by atoms with E-state index in [4.69, 9.17) is 5.73 Å². The zero-order valence-corrected chi connectivity index (χ0v) is 11.2. The number of imidazole rings is 1. The molecule has 2 heterocycles. The van der Waals surface area contributed by atoms with E-state index in [0.29, 0.717) is 30.5 Å². The van der Waals surface area contributed by atoms with E-state index in [2.05, 4.69) is 42.8 Å². The van der Waals surface area contributed by atoms with Gasteiger partial charge in [0.05, 0.1) is 6.33 Å². The van der Waals surface area contributed by atoms with Crippen LogP contribution >= 0.6 is 0 Å². The topological polar surface area (TPSA) is 134 Å². The first-order valence-electron chi connectivity index (χ1n) is 6.43. The third-order valence-corrected chi connectivity index (χ3v) is 2.54. The second-order valence-electron chi connectivity index (χ2n) is 4.14. The number of urea groups is 1. The Hall–Kier alpha value is -2.58. The third kappa shape index (κ3) is 3.46. The lowest BCUT2D eigenvalue weighted by Gasteiger charge is -2.09. The molecule has 20 heavy (non-hydrogen) atoms. The fourth-order valence-electron chi connectivity index (χ4n) is 1.64. The molecule has 0 unspecified atom stereocenters. The molecule has 0 saturated carbocycles. The lowest BCUT2D eigenvalue weighted by atomic mass is 10.4. The van der Waals surface area contributed by atoms with E-state index >= 15 is 0 Å². The number of primary amides is 1. The van der Waals surface area contributed by atoms with Crippen molar-refractivity contribution in [3.05, 3.63) is 6.33 Å². The molecule has 0 bridgehead atoms. The summed E-state index contributed by atoms with van der Waals surface area (Å²) in [5.41, 5.74) is 6.31. The molecule has 0 radical (unpaired) electrons. The molecule has 0 aliphatic carbocycles. The monoisotopic (exact) mass is 278 g/mol. The number of aromatic amines is 1. The molecule has 108 valence electrons. The molecule has 2 aromatic heterocycles. The van der Waals surface area contributed by atoms with Gasteiger partial charge in [-0.1, -0.05) is 6.92 Å². The number of hydrogen-bond acceptors (Lipinski definition) is 6. The van der Waals surface area contributed by atoms with Gasteiger partial charge in [0.25, 0.3) is 0 Å². The summed E-state index contributed by atoms with van der Waals surface area (Å²) < 4.78 is 0. The van der Waals surface area contributed by atoms with Crippen LogP contribution in [0.15, 0.2) is 6.33 Å². The summed E-state index contributed by atoms with van der Waals surface area (Å²) in [6.45, 7) is 3.77. The minimum atomic E-state index is -0.550. The first kappa shape index (κ1) is 13.8. The Balaban J connectivity index is 2.08. The standard InChI is InChI=1S/C11H18N8O/c1-2-3-15-11-18-8(13-4-5-14-10(12)20)7-9(19-11)17-6-16-7/h6H,2-5H2,1H3,(H3,12,14,20)(H3,13,15,16,17,18,19). The number of H-pyrrole nitrogens is 1. The number of anilines is 2. The predicted octanol–water partition coefficient (Wildman–Crippen LogP) is 0.255. The van der Waals surface area contributed by atoms with E-state index in [-0.39, 0.29) is 0 Å². The molecular formula is C11H18N8O.